The number of nitrogens with zero attached hydrogens (tertiary/aromatic N) is 2. The summed E-state index contributed by atoms with van der Waals surface area (Å²) in [7, 11) is 1.95. The minimum atomic E-state index is 0.199. The summed E-state index contributed by atoms with van der Waals surface area (Å²) in [6, 6.07) is 8.36. The lowest BCUT2D eigenvalue weighted by Gasteiger charge is -2.33. The van der Waals surface area contributed by atoms with Gasteiger partial charge in [0.05, 0.1) is 16.8 Å². The Hall–Kier alpha value is -1.49. The van der Waals surface area contributed by atoms with Crippen molar-refractivity contribution in [2.24, 2.45) is 5.92 Å². The predicted octanol–water partition coefficient (Wildman–Crippen LogP) is 3.69. The SMILES string of the molecule is CC1CCC(N(C)C(=O)CSc2nc3ccccc3[nH]2)CC1. The van der Waals surface area contributed by atoms with E-state index in [1.54, 1.807) is 0 Å². The number of aromatic amines is 1. The Kier molecular flexibility index (Phi) is 4.71. The molecule has 1 N–H and O–H groups in total. The highest BCUT2D eigenvalue weighted by Gasteiger charge is 2.24. The van der Waals surface area contributed by atoms with Gasteiger partial charge in [-0.1, -0.05) is 30.8 Å². The molecule has 1 aliphatic carbocycles. The van der Waals surface area contributed by atoms with Gasteiger partial charge >= 0.3 is 0 Å². The van der Waals surface area contributed by atoms with Crippen LogP contribution in [0, 0.1) is 5.92 Å². The fourth-order valence-corrected chi connectivity index (χ4v) is 3.87. The van der Waals surface area contributed by atoms with Crippen molar-refractivity contribution in [1.29, 1.82) is 0 Å². The molecule has 1 amide bonds. The lowest BCUT2D eigenvalue weighted by Crippen LogP contribution is -2.40. The molecule has 1 fully saturated rings. The molecule has 0 unspecified atom stereocenters. The highest BCUT2D eigenvalue weighted by atomic mass is 32.2. The van der Waals surface area contributed by atoms with Gasteiger partial charge in [-0.2, -0.15) is 0 Å². The van der Waals surface area contributed by atoms with Crippen molar-refractivity contribution in [2.45, 2.75) is 43.8 Å². The van der Waals surface area contributed by atoms with E-state index in [0.717, 1.165) is 34.9 Å². The van der Waals surface area contributed by atoms with E-state index in [4.69, 9.17) is 0 Å². The number of thioether (sulfide) groups is 1. The van der Waals surface area contributed by atoms with Gasteiger partial charge in [-0.3, -0.25) is 4.79 Å². The quantitative estimate of drug-likeness (QED) is 0.875. The molecule has 0 saturated heterocycles. The summed E-state index contributed by atoms with van der Waals surface area (Å²) in [5, 5.41) is 0.820. The number of imidazole rings is 1. The van der Waals surface area contributed by atoms with Crippen LogP contribution in [-0.4, -0.2) is 39.6 Å². The van der Waals surface area contributed by atoms with Gasteiger partial charge in [0.1, 0.15) is 0 Å². The first-order valence-corrected chi connectivity index (χ1v) is 8.95. The van der Waals surface area contributed by atoms with Crippen LogP contribution in [0.25, 0.3) is 11.0 Å². The Bertz CT molecular complexity index is 613. The summed E-state index contributed by atoms with van der Waals surface area (Å²) in [4.78, 5) is 22.1. The number of hydrogen-bond donors (Lipinski definition) is 1. The summed E-state index contributed by atoms with van der Waals surface area (Å²) in [5.41, 5.74) is 1.97. The van der Waals surface area contributed by atoms with E-state index >= 15 is 0 Å². The number of nitrogens with one attached hydrogen (secondary N) is 1. The molecule has 3 rings (SSSR count). The van der Waals surface area contributed by atoms with Gasteiger partial charge in [0.15, 0.2) is 5.16 Å². The second-order valence-electron chi connectivity index (χ2n) is 6.27. The van der Waals surface area contributed by atoms with E-state index in [1.807, 2.05) is 36.2 Å². The third-order valence-electron chi connectivity index (χ3n) is 4.63. The Labute approximate surface area is 135 Å². The average molecular weight is 317 g/mol. The fraction of sp³-hybridized carbons (Fsp3) is 0.529. The van der Waals surface area contributed by atoms with Gasteiger partial charge in [-0.05, 0) is 43.7 Å². The van der Waals surface area contributed by atoms with E-state index in [2.05, 4.69) is 16.9 Å². The smallest absolute Gasteiger partial charge is 0.233 e. The largest absolute Gasteiger partial charge is 0.342 e. The van der Waals surface area contributed by atoms with Crippen LogP contribution in [0.5, 0.6) is 0 Å². The van der Waals surface area contributed by atoms with E-state index in [0.29, 0.717) is 11.8 Å². The third-order valence-corrected chi connectivity index (χ3v) is 5.48. The molecule has 118 valence electrons. The Morgan fingerprint density at radius 1 is 1.32 bits per heavy atom. The first-order valence-electron chi connectivity index (χ1n) is 7.96. The molecule has 0 bridgehead atoms. The second-order valence-corrected chi connectivity index (χ2v) is 7.23. The van der Waals surface area contributed by atoms with E-state index in [9.17, 15) is 4.79 Å². The molecule has 2 aromatic rings. The van der Waals surface area contributed by atoms with Crippen molar-refractivity contribution >= 4 is 28.7 Å². The molecule has 0 radical (unpaired) electrons. The van der Waals surface area contributed by atoms with E-state index in [1.165, 1.54) is 24.6 Å². The average Bonchev–Trinajstić information content (AvgIpc) is 2.95. The molecule has 1 heterocycles. The van der Waals surface area contributed by atoms with Crippen LogP contribution in [0.3, 0.4) is 0 Å². The highest BCUT2D eigenvalue weighted by Crippen LogP contribution is 2.27. The molecule has 0 atom stereocenters. The van der Waals surface area contributed by atoms with Crippen molar-refractivity contribution in [3.8, 4) is 0 Å². The molecule has 1 aliphatic rings. The van der Waals surface area contributed by atoms with Crippen molar-refractivity contribution in [3.63, 3.8) is 0 Å². The lowest BCUT2D eigenvalue weighted by atomic mass is 9.87. The monoisotopic (exact) mass is 317 g/mol. The zero-order valence-corrected chi connectivity index (χ0v) is 14.0. The summed E-state index contributed by atoms with van der Waals surface area (Å²) < 4.78 is 0. The van der Waals surface area contributed by atoms with Crippen molar-refractivity contribution in [1.82, 2.24) is 14.9 Å². The number of amides is 1. The van der Waals surface area contributed by atoms with Gasteiger partial charge in [-0.25, -0.2) is 4.98 Å². The summed E-state index contributed by atoms with van der Waals surface area (Å²) in [6.07, 6.45) is 4.75. The molecular weight excluding hydrogens is 294 g/mol. The number of carbonyl (C=O) groups is 1. The number of benzene rings is 1. The van der Waals surface area contributed by atoms with Crippen molar-refractivity contribution in [2.75, 3.05) is 12.8 Å². The highest BCUT2D eigenvalue weighted by molar-refractivity contribution is 7.99. The number of H-pyrrole nitrogens is 1. The maximum absolute atomic E-state index is 12.4. The van der Waals surface area contributed by atoms with Crippen LogP contribution >= 0.6 is 11.8 Å². The van der Waals surface area contributed by atoms with Crippen molar-refractivity contribution in [3.05, 3.63) is 24.3 Å². The van der Waals surface area contributed by atoms with Crippen LogP contribution in [-0.2, 0) is 4.79 Å². The van der Waals surface area contributed by atoms with Gasteiger partial charge in [-0.15, -0.1) is 0 Å². The molecule has 0 aliphatic heterocycles. The number of para-hydroxylation sites is 2. The number of rotatable bonds is 4. The maximum Gasteiger partial charge on any atom is 0.233 e. The van der Waals surface area contributed by atoms with Gasteiger partial charge < -0.3 is 9.88 Å². The molecule has 22 heavy (non-hydrogen) atoms. The van der Waals surface area contributed by atoms with Crippen LogP contribution < -0.4 is 0 Å². The van der Waals surface area contributed by atoms with Crippen LogP contribution in [0.1, 0.15) is 32.6 Å². The lowest BCUT2D eigenvalue weighted by molar-refractivity contribution is -0.129. The molecule has 1 aromatic carbocycles. The minimum absolute atomic E-state index is 0.199. The zero-order valence-electron chi connectivity index (χ0n) is 13.2. The minimum Gasteiger partial charge on any atom is -0.342 e. The number of aromatic nitrogens is 2. The van der Waals surface area contributed by atoms with Gasteiger partial charge in [0.25, 0.3) is 0 Å². The van der Waals surface area contributed by atoms with E-state index in [-0.39, 0.29) is 5.91 Å². The first-order chi connectivity index (χ1) is 10.6. The molecular formula is C17H23N3OS. The number of hydrogen-bond acceptors (Lipinski definition) is 3. The molecule has 1 aromatic heterocycles. The molecule has 5 heteroatoms. The first kappa shape index (κ1) is 15.4. The summed E-state index contributed by atoms with van der Waals surface area (Å²) >= 11 is 1.49. The summed E-state index contributed by atoms with van der Waals surface area (Å²) in [6.45, 7) is 2.30. The normalized spacial score (nSPS) is 21.9. The second kappa shape index (κ2) is 6.73. The van der Waals surface area contributed by atoms with Crippen LogP contribution in [0.2, 0.25) is 0 Å². The number of fused-ring (bicyclic) bond motifs is 1. The van der Waals surface area contributed by atoms with E-state index < -0.39 is 0 Å². The Morgan fingerprint density at radius 3 is 2.77 bits per heavy atom. The van der Waals surface area contributed by atoms with Crippen LogP contribution in [0.15, 0.2) is 29.4 Å². The van der Waals surface area contributed by atoms with Crippen LogP contribution in [0.4, 0.5) is 0 Å². The van der Waals surface area contributed by atoms with Gasteiger partial charge in [0, 0.05) is 13.1 Å². The predicted molar refractivity (Wildman–Crippen MR) is 91.0 cm³/mol. The van der Waals surface area contributed by atoms with Crippen molar-refractivity contribution < 1.29 is 4.79 Å². The molecule has 0 spiro atoms. The standard InChI is InChI=1S/C17H23N3OS/c1-12-7-9-13(10-8-12)20(2)16(21)11-22-17-18-14-5-3-4-6-15(14)19-17/h3-6,12-13H,7-11H2,1-2H3,(H,18,19). The number of carbonyl (C=O) groups excluding carboxylic acids is 1. The fourth-order valence-electron chi connectivity index (χ4n) is 3.06. The molecule has 4 nitrogen and oxygen atoms in total. The molecule has 1 saturated carbocycles. The zero-order chi connectivity index (χ0) is 15.5. The third kappa shape index (κ3) is 3.46. The maximum atomic E-state index is 12.4. The Balaban J connectivity index is 1.55. The topological polar surface area (TPSA) is 49.0 Å². The summed E-state index contributed by atoms with van der Waals surface area (Å²) in [5.74, 6) is 1.46. The Morgan fingerprint density at radius 2 is 2.05 bits per heavy atom. The van der Waals surface area contributed by atoms with Gasteiger partial charge in [0.2, 0.25) is 5.91 Å².